The smallest absolute Gasteiger partial charge is 0.119 e. The quantitative estimate of drug-likeness (QED) is 0.829. The first-order valence-electron chi connectivity index (χ1n) is 5.86. The summed E-state index contributed by atoms with van der Waals surface area (Å²) in [6.07, 6.45) is 2.50. The summed E-state index contributed by atoms with van der Waals surface area (Å²) in [5.74, 6) is 1.63. The summed E-state index contributed by atoms with van der Waals surface area (Å²) in [6, 6.07) is 7.50. The lowest BCUT2D eigenvalue weighted by molar-refractivity contribution is 0.165. The maximum atomic E-state index is 9.18. The number of nitrogens with two attached hydrogens (primary N) is 1. The first kappa shape index (κ1) is 12.2. The Labute approximate surface area is 101 Å². The number of aliphatic hydroxyl groups excluding tert-OH is 1. The van der Waals surface area contributed by atoms with Crippen molar-refractivity contribution in [2.75, 3.05) is 13.7 Å². The van der Waals surface area contributed by atoms with Gasteiger partial charge in [0, 0.05) is 12.0 Å². The average Bonchev–Trinajstić information content (AvgIpc) is 2.73. The minimum Gasteiger partial charge on any atom is -0.497 e. The molecule has 0 saturated heterocycles. The van der Waals surface area contributed by atoms with Crippen LogP contribution in [0.15, 0.2) is 24.3 Å². The molecule has 4 nitrogen and oxygen atoms in total. The van der Waals surface area contributed by atoms with Gasteiger partial charge in [0.1, 0.15) is 17.6 Å². The van der Waals surface area contributed by atoms with E-state index in [2.05, 4.69) is 0 Å². The van der Waals surface area contributed by atoms with E-state index in [4.69, 9.17) is 15.2 Å². The molecule has 0 spiro atoms. The first-order chi connectivity index (χ1) is 8.15. The van der Waals surface area contributed by atoms with Crippen LogP contribution in [0.4, 0.5) is 0 Å². The van der Waals surface area contributed by atoms with Crippen molar-refractivity contribution in [3.05, 3.63) is 24.3 Å². The molecule has 1 aromatic rings. The number of hydrogen-bond donors (Lipinski definition) is 2. The van der Waals surface area contributed by atoms with Gasteiger partial charge in [0.05, 0.1) is 13.7 Å². The van der Waals surface area contributed by atoms with Gasteiger partial charge in [-0.2, -0.15) is 0 Å². The van der Waals surface area contributed by atoms with Crippen molar-refractivity contribution >= 4 is 0 Å². The van der Waals surface area contributed by atoms with Crippen LogP contribution in [0, 0.1) is 0 Å². The zero-order valence-corrected chi connectivity index (χ0v) is 10.1. The van der Waals surface area contributed by atoms with Crippen LogP contribution in [0.5, 0.6) is 11.5 Å². The Bertz CT molecular complexity index is 365. The number of rotatable bonds is 4. The molecule has 0 amide bonds. The topological polar surface area (TPSA) is 64.7 Å². The van der Waals surface area contributed by atoms with Crippen LogP contribution in [-0.4, -0.2) is 30.5 Å². The van der Waals surface area contributed by atoms with Gasteiger partial charge in [0.15, 0.2) is 0 Å². The second-order valence-electron chi connectivity index (χ2n) is 4.68. The standard InChI is InChI=1S/C13H19NO3/c1-16-10-2-4-11(5-3-10)17-12-6-7-13(14,8-12)9-15/h2-5,12,15H,6-9,14H2,1H3. The van der Waals surface area contributed by atoms with E-state index in [1.165, 1.54) is 0 Å². The molecule has 3 N–H and O–H groups in total. The molecule has 1 aliphatic carbocycles. The highest BCUT2D eigenvalue weighted by Crippen LogP contribution is 2.31. The summed E-state index contributed by atoms with van der Waals surface area (Å²) in [6.45, 7) is 0.0233. The third kappa shape index (κ3) is 2.90. The van der Waals surface area contributed by atoms with Crippen molar-refractivity contribution in [3.8, 4) is 11.5 Å². The predicted octanol–water partition coefficient (Wildman–Crippen LogP) is 1.32. The van der Waals surface area contributed by atoms with Crippen molar-refractivity contribution in [1.29, 1.82) is 0 Å². The molecule has 1 saturated carbocycles. The summed E-state index contributed by atoms with van der Waals surface area (Å²) in [4.78, 5) is 0. The zero-order chi connectivity index (χ0) is 12.3. The van der Waals surface area contributed by atoms with Crippen LogP contribution < -0.4 is 15.2 Å². The molecule has 0 aromatic heterocycles. The van der Waals surface area contributed by atoms with E-state index in [0.717, 1.165) is 24.3 Å². The molecular formula is C13H19NO3. The van der Waals surface area contributed by atoms with Crippen LogP contribution in [0.1, 0.15) is 19.3 Å². The fourth-order valence-electron chi connectivity index (χ4n) is 2.20. The molecule has 2 rings (SSSR count). The minimum absolute atomic E-state index is 0.0233. The van der Waals surface area contributed by atoms with Gasteiger partial charge in [-0.3, -0.25) is 0 Å². The molecular weight excluding hydrogens is 218 g/mol. The summed E-state index contributed by atoms with van der Waals surface area (Å²) in [7, 11) is 1.64. The summed E-state index contributed by atoms with van der Waals surface area (Å²) >= 11 is 0. The lowest BCUT2D eigenvalue weighted by atomic mass is 10.0. The van der Waals surface area contributed by atoms with E-state index in [-0.39, 0.29) is 12.7 Å². The maximum absolute atomic E-state index is 9.18. The fourth-order valence-corrected chi connectivity index (χ4v) is 2.20. The predicted molar refractivity (Wildman–Crippen MR) is 65.3 cm³/mol. The molecule has 2 unspecified atom stereocenters. The van der Waals surface area contributed by atoms with Crippen molar-refractivity contribution in [3.63, 3.8) is 0 Å². The molecule has 94 valence electrons. The Balaban J connectivity index is 1.93. The van der Waals surface area contributed by atoms with Crippen molar-refractivity contribution in [2.24, 2.45) is 5.73 Å². The number of benzene rings is 1. The molecule has 0 bridgehead atoms. The molecule has 17 heavy (non-hydrogen) atoms. The van der Waals surface area contributed by atoms with E-state index < -0.39 is 5.54 Å². The minimum atomic E-state index is -0.461. The SMILES string of the molecule is COc1ccc(OC2CCC(N)(CO)C2)cc1. The van der Waals surface area contributed by atoms with E-state index in [9.17, 15) is 5.11 Å². The van der Waals surface area contributed by atoms with E-state index in [1.807, 2.05) is 24.3 Å². The highest BCUT2D eigenvalue weighted by Gasteiger charge is 2.36. The molecule has 1 aliphatic rings. The second kappa shape index (κ2) is 4.94. The molecule has 0 radical (unpaired) electrons. The third-order valence-corrected chi connectivity index (χ3v) is 3.28. The lowest BCUT2D eigenvalue weighted by Gasteiger charge is -2.21. The number of aliphatic hydroxyl groups is 1. The Morgan fingerprint density at radius 1 is 1.35 bits per heavy atom. The Morgan fingerprint density at radius 2 is 2.00 bits per heavy atom. The Morgan fingerprint density at radius 3 is 2.53 bits per heavy atom. The van der Waals surface area contributed by atoms with E-state index in [1.54, 1.807) is 7.11 Å². The number of methoxy groups -OCH3 is 1. The van der Waals surface area contributed by atoms with Crippen molar-refractivity contribution in [1.82, 2.24) is 0 Å². The van der Waals surface area contributed by atoms with Gasteiger partial charge in [0.25, 0.3) is 0 Å². The summed E-state index contributed by atoms with van der Waals surface area (Å²) < 4.78 is 10.9. The molecule has 2 atom stereocenters. The largest absolute Gasteiger partial charge is 0.497 e. The van der Waals surface area contributed by atoms with Crippen LogP contribution >= 0.6 is 0 Å². The van der Waals surface area contributed by atoms with Gasteiger partial charge in [0.2, 0.25) is 0 Å². The molecule has 1 aromatic carbocycles. The van der Waals surface area contributed by atoms with Crippen LogP contribution in [-0.2, 0) is 0 Å². The lowest BCUT2D eigenvalue weighted by Crippen LogP contribution is -2.41. The Hall–Kier alpha value is -1.26. The third-order valence-electron chi connectivity index (χ3n) is 3.28. The van der Waals surface area contributed by atoms with Crippen molar-refractivity contribution in [2.45, 2.75) is 30.9 Å². The Kier molecular flexibility index (Phi) is 3.54. The highest BCUT2D eigenvalue weighted by atomic mass is 16.5. The first-order valence-corrected chi connectivity index (χ1v) is 5.86. The fraction of sp³-hybridized carbons (Fsp3) is 0.538. The summed E-state index contributed by atoms with van der Waals surface area (Å²) in [5, 5.41) is 9.18. The van der Waals surface area contributed by atoms with E-state index >= 15 is 0 Å². The average molecular weight is 237 g/mol. The zero-order valence-electron chi connectivity index (χ0n) is 10.1. The molecule has 4 heteroatoms. The molecule has 0 aliphatic heterocycles. The maximum Gasteiger partial charge on any atom is 0.119 e. The van der Waals surface area contributed by atoms with Gasteiger partial charge in [-0.15, -0.1) is 0 Å². The highest BCUT2D eigenvalue weighted by molar-refractivity contribution is 5.31. The monoisotopic (exact) mass is 237 g/mol. The van der Waals surface area contributed by atoms with Gasteiger partial charge in [-0.05, 0) is 37.1 Å². The second-order valence-corrected chi connectivity index (χ2v) is 4.68. The molecule has 1 fully saturated rings. The van der Waals surface area contributed by atoms with Crippen LogP contribution in [0.3, 0.4) is 0 Å². The van der Waals surface area contributed by atoms with Crippen LogP contribution in [0.2, 0.25) is 0 Å². The normalized spacial score (nSPS) is 28.1. The van der Waals surface area contributed by atoms with Crippen LogP contribution in [0.25, 0.3) is 0 Å². The van der Waals surface area contributed by atoms with Gasteiger partial charge < -0.3 is 20.3 Å². The van der Waals surface area contributed by atoms with E-state index in [0.29, 0.717) is 6.42 Å². The van der Waals surface area contributed by atoms with Gasteiger partial charge >= 0.3 is 0 Å². The van der Waals surface area contributed by atoms with Crippen molar-refractivity contribution < 1.29 is 14.6 Å². The van der Waals surface area contributed by atoms with Gasteiger partial charge in [-0.1, -0.05) is 0 Å². The summed E-state index contributed by atoms with van der Waals surface area (Å²) in [5.41, 5.74) is 5.54. The van der Waals surface area contributed by atoms with Gasteiger partial charge in [-0.25, -0.2) is 0 Å². The number of ether oxygens (including phenoxy) is 2. The number of hydrogen-bond acceptors (Lipinski definition) is 4. The molecule has 0 heterocycles.